The topological polar surface area (TPSA) is 29.3 Å². The van der Waals surface area contributed by atoms with Crippen molar-refractivity contribution in [3.8, 4) is 0 Å². The van der Waals surface area contributed by atoms with Crippen molar-refractivity contribution in [2.75, 3.05) is 14.1 Å². The third-order valence-corrected chi connectivity index (χ3v) is 2.44. The Morgan fingerprint density at radius 1 is 1.31 bits per heavy atom. The Bertz CT molecular complexity index is 133. The fourth-order valence-electron chi connectivity index (χ4n) is 1.71. The molecule has 0 saturated heterocycles. The third-order valence-electron chi connectivity index (χ3n) is 2.44. The zero-order chi connectivity index (χ0) is 10.4. The van der Waals surface area contributed by atoms with Gasteiger partial charge in [-0.05, 0) is 33.4 Å². The first-order valence-corrected chi connectivity index (χ1v) is 5.17. The van der Waals surface area contributed by atoms with Crippen LogP contribution in [0.5, 0.6) is 0 Å². The number of hydrogen-bond acceptors (Lipinski definition) is 2. The summed E-state index contributed by atoms with van der Waals surface area (Å²) in [7, 11) is 3.85. The molecule has 0 amide bonds. The summed E-state index contributed by atoms with van der Waals surface area (Å²) in [4.78, 5) is 1.95. The van der Waals surface area contributed by atoms with E-state index >= 15 is 0 Å². The van der Waals surface area contributed by atoms with E-state index in [0.717, 1.165) is 12.8 Å². The lowest BCUT2D eigenvalue weighted by Crippen LogP contribution is -2.44. The van der Waals surface area contributed by atoms with Gasteiger partial charge in [0.05, 0.1) is 0 Å². The fourth-order valence-corrected chi connectivity index (χ4v) is 1.71. The SMILES string of the molecule is CC.CN(C)[C@H]1CC[C@H](N)CC1F.[HH]. The number of alkyl halides is 1. The van der Waals surface area contributed by atoms with Gasteiger partial charge < -0.3 is 10.6 Å². The van der Waals surface area contributed by atoms with Crippen LogP contribution < -0.4 is 5.73 Å². The summed E-state index contributed by atoms with van der Waals surface area (Å²) < 4.78 is 13.2. The predicted octanol–water partition coefficient (Wildman–Crippen LogP) is 2.04. The average Bonchev–Trinajstić information content (AvgIpc) is 2.07. The van der Waals surface area contributed by atoms with Crippen LogP contribution in [-0.4, -0.2) is 37.3 Å². The molecule has 1 aliphatic rings. The molecule has 82 valence electrons. The highest BCUT2D eigenvalue weighted by molar-refractivity contribution is 4.86. The van der Waals surface area contributed by atoms with Crippen LogP contribution in [0.4, 0.5) is 4.39 Å². The molecule has 13 heavy (non-hydrogen) atoms. The third kappa shape index (κ3) is 4.05. The van der Waals surface area contributed by atoms with Crippen LogP contribution in [0.2, 0.25) is 0 Å². The minimum absolute atomic E-state index is 0. The molecule has 1 saturated carbocycles. The van der Waals surface area contributed by atoms with Gasteiger partial charge in [0.2, 0.25) is 0 Å². The van der Waals surface area contributed by atoms with Gasteiger partial charge in [0.25, 0.3) is 0 Å². The molecule has 2 nitrogen and oxygen atoms in total. The second-order valence-electron chi connectivity index (χ2n) is 3.62. The van der Waals surface area contributed by atoms with Crippen molar-refractivity contribution in [1.29, 1.82) is 0 Å². The molecule has 0 bridgehead atoms. The van der Waals surface area contributed by atoms with Crippen molar-refractivity contribution in [3.63, 3.8) is 0 Å². The molecule has 2 N–H and O–H groups in total. The zero-order valence-corrected chi connectivity index (χ0v) is 9.26. The van der Waals surface area contributed by atoms with Crippen molar-refractivity contribution in [2.45, 2.75) is 51.4 Å². The van der Waals surface area contributed by atoms with Crippen molar-refractivity contribution in [2.24, 2.45) is 5.73 Å². The Hall–Kier alpha value is -0.150. The molecule has 0 aromatic rings. The molecule has 0 heterocycles. The molecule has 0 spiro atoms. The maximum Gasteiger partial charge on any atom is 0.117 e. The predicted molar refractivity (Wildman–Crippen MR) is 57.7 cm³/mol. The largest absolute Gasteiger partial charge is 0.328 e. The smallest absolute Gasteiger partial charge is 0.117 e. The van der Waals surface area contributed by atoms with E-state index in [9.17, 15) is 4.39 Å². The van der Waals surface area contributed by atoms with Gasteiger partial charge in [0, 0.05) is 13.5 Å². The molecule has 3 heteroatoms. The monoisotopic (exact) mass is 192 g/mol. The Morgan fingerprint density at radius 2 is 1.85 bits per heavy atom. The van der Waals surface area contributed by atoms with Gasteiger partial charge in [-0.15, -0.1) is 0 Å². The van der Waals surface area contributed by atoms with E-state index in [1.165, 1.54) is 0 Å². The van der Waals surface area contributed by atoms with Crippen molar-refractivity contribution >= 4 is 0 Å². The van der Waals surface area contributed by atoms with E-state index < -0.39 is 6.17 Å². The van der Waals surface area contributed by atoms with Gasteiger partial charge in [-0.1, -0.05) is 13.8 Å². The van der Waals surface area contributed by atoms with E-state index in [0.29, 0.717) is 6.42 Å². The molecule has 1 rings (SSSR count). The van der Waals surface area contributed by atoms with Crippen molar-refractivity contribution in [1.82, 2.24) is 4.90 Å². The minimum atomic E-state index is -0.728. The summed E-state index contributed by atoms with van der Waals surface area (Å²) in [6, 6.07) is 0.177. The summed E-state index contributed by atoms with van der Waals surface area (Å²) >= 11 is 0. The Labute approximate surface area is 82.8 Å². The maximum atomic E-state index is 13.2. The fraction of sp³-hybridized carbons (Fsp3) is 1.00. The number of nitrogens with two attached hydrogens (primary N) is 1. The van der Waals surface area contributed by atoms with Gasteiger partial charge in [0.15, 0.2) is 0 Å². The van der Waals surface area contributed by atoms with Crippen LogP contribution in [0.15, 0.2) is 0 Å². The number of hydrogen-bond donors (Lipinski definition) is 1. The van der Waals surface area contributed by atoms with Gasteiger partial charge in [-0.25, -0.2) is 4.39 Å². The molecule has 1 unspecified atom stereocenters. The summed E-state index contributed by atoms with van der Waals surface area (Å²) in [5.41, 5.74) is 5.63. The van der Waals surface area contributed by atoms with Crippen LogP contribution in [0.3, 0.4) is 0 Å². The number of rotatable bonds is 1. The molecule has 1 aliphatic carbocycles. The highest BCUT2D eigenvalue weighted by Gasteiger charge is 2.29. The van der Waals surface area contributed by atoms with Gasteiger partial charge in [-0.2, -0.15) is 0 Å². The van der Waals surface area contributed by atoms with Gasteiger partial charge in [0.1, 0.15) is 6.17 Å². The highest BCUT2D eigenvalue weighted by Crippen LogP contribution is 2.23. The Kier molecular flexibility index (Phi) is 6.25. The molecular formula is C10H25FN2. The first-order valence-electron chi connectivity index (χ1n) is 5.17. The summed E-state index contributed by atoms with van der Waals surface area (Å²) in [5, 5.41) is 0. The second-order valence-corrected chi connectivity index (χ2v) is 3.62. The highest BCUT2D eigenvalue weighted by atomic mass is 19.1. The molecule has 1 fully saturated rings. The molecular weight excluding hydrogens is 167 g/mol. The van der Waals surface area contributed by atoms with Gasteiger partial charge in [-0.3, -0.25) is 0 Å². The normalized spacial score (nSPS) is 33.9. The van der Waals surface area contributed by atoms with Crippen molar-refractivity contribution < 1.29 is 5.82 Å². The second kappa shape index (κ2) is 6.33. The van der Waals surface area contributed by atoms with E-state index in [2.05, 4.69) is 0 Å². The van der Waals surface area contributed by atoms with E-state index in [-0.39, 0.29) is 13.5 Å². The molecule has 3 atom stereocenters. The number of halogens is 1. The molecule has 0 aromatic heterocycles. The lowest BCUT2D eigenvalue weighted by Gasteiger charge is -2.34. The first kappa shape index (κ1) is 12.8. The molecule has 0 aliphatic heterocycles. The average molecular weight is 192 g/mol. The van der Waals surface area contributed by atoms with Crippen LogP contribution in [0.1, 0.15) is 34.5 Å². The van der Waals surface area contributed by atoms with E-state index in [1.54, 1.807) is 0 Å². The van der Waals surface area contributed by atoms with Crippen LogP contribution in [-0.2, 0) is 0 Å². The van der Waals surface area contributed by atoms with Crippen molar-refractivity contribution in [3.05, 3.63) is 0 Å². The standard InChI is InChI=1S/C8H17FN2.C2H6.H2/c1-11(2)8-4-3-6(10)5-7(8)9;1-2;/h6-8H,3-5,10H2,1-2H3;1-2H3;1H/t6-,7?,8-;;/m0../s1. The summed E-state index contributed by atoms with van der Waals surface area (Å²) in [6.07, 6.45) is 1.66. The lowest BCUT2D eigenvalue weighted by atomic mass is 9.89. The van der Waals surface area contributed by atoms with E-state index in [4.69, 9.17) is 5.73 Å². The Balaban J connectivity index is 0. The molecule has 0 radical (unpaired) electrons. The number of nitrogens with zero attached hydrogens (tertiary/aromatic N) is 1. The quantitative estimate of drug-likeness (QED) is 0.689. The van der Waals surface area contributed by atoms with Crippen LogP contribution >= 0.6 is 0 Å². The van der Waals surface area contributed by atoms with Crippen LogP contribution in [0.25, 0.3) is 0 Å². The summed E-state index contributed by atoms with van der Waals surface area (Å²) in [6.45, 7) is 4.00. The maximum absolute atomic E-state index is 13.2. The molecule has 0 aromatic carbocycles. The zero-order valence-electron chi connectivity index (χ0n) is 9.26. The first-order chi connectivity index (χ1) is 6.11. The van der Waals surface area contributed by atoms with Gasteiger partial charge >= 0.3 is 0 Å². The summed E-state index contributed by atoms with van der Waals surface area (Å²) in [5.74, 6) is 0. The minimum Gasteiger partial charge on any atom is -0.328 e. The van der Waals surface area contributed by atoms with E-state index in [1.807, 2.05) is 32.8 Å². The Morgan fingerprint density at radius 3 is 2.23 bits per heavy atom. The van der Waals surface area contributed by atoms with Crippen LogP contribution in [0, 0.1) is 0 Å². The lowest BCUT2D eigenvalue weighted by molar-refractivity contribution is 0.105.